The fraction of sp³-hybridized carbons (Fsp3) is 0.500. The van der Waals surface area contributed by atoms with Gasteiger partial charge in [-0.05, 0) is 56.9 Å². The van der Waals surface area contributed by atoms with Gasteiger partial charge >= 0.3 is 0 Å². The standard InChI is InChI=1S/C12H16O/c1-12(2,3)13-11-7-6-9-4-5-10(9)8-11/h6-8H,4-5H2,1-3H3. The van der Waals surface area contributed by atoms with Crippen molar-refractivity contribution < 1.29 is 4.74 Å². The first kappa shape index (κ1) is 8.61. The quantitative estimate of drug-likeness (QED) is 0.639. The minimum atomic E-state index is -0.0853. The Bertz CT molecular complexity index is 320. The highest BCUT2D eigenvalue weighted by Gasteiger charge is 2.16. The van der Waals surface area contributed by atoms with E-state index in [-0.39, 0.29) is 5.60 Å². The molecule has 1 aliphatic rings. The van der Waals surface area contributed by atoms with Gasteiger partial charge in [-0.25, -0.2) is 0 Å². The topological polar surface area (TPSA) is 9.23 Å². The van der Waals surface area contributed by atoms with E-state index in [2.05, 4.69) is 39.0 Å². The Morgan fingerprint density at radius 1 is 1.08 bits per heavy atom. The maximum atomic E-state index is 5.77. The highest BCUT2D eigenvalue weighted by Crippen LogP contribution is 2.28. The molecule has 2 rings (SSSR count). The monoisotopic (exact) mass is 176 g/mol. The normalized spacial score (nSPS) is 14.7. The third-order valence-electron chi connectivity index (χ3n) is 2.27. The van der Waals surface area contributed by atoms with Crippen LogP contribution < -0.4 is 4.74 Å². The van der Waals surface area contributed by atoms with Crippen LogP contribution in [0.4, 0.5) is 0 Å². The van der Waals surface area contributed by atoms with Crippen LogP contribution in [0.3, 0.4) is 0 Å². The summed E-state index contributed by atoms with van der Waals surface area (Å²) in [5, 5.41) is 0. The van der Waals surface area contributed by atoms with Crippen molar-refractivity contribution in [2.24, 2.45) is 0 Å². The first-order chi connectivity index (χ1) is 6.04. The molecule has 0 atom stereocenters. The van der Waals surface area contributed by atoms with Gasteiger partial charge in [-0.1, -0.05) is 6.07 Å². The van der Waals surface area contributed by atoms with Crippen LogP contribution in [0.1, 0.15) is 31.9 Å². The predicted octanol–water partition coefficient (Wildman–Crippen LogP) is 2.96. The van der Waals surface area contributed by atoms with Crippen LogP contribution in [0.2, 0.25) is 0 Å². The van der Waals surface area contributed by atoms with Crippen molar-refractivity contribution in [3.63, 3.8) is 0 Å². The van der Waals surface area contributed by atoms with Gasteiger partial charge in [-0.2, -0.15) is 0 Å². The van der Waals surface area contributed by atoms with E-state index >= 15 is 0 Å². The van der Waals surface area contributed by atoms with E-state index in [0.29, 0.717) is 0 Å². The second kappa shape index (κ2) is 2.76. The Labute approximate surface area is 79.7 Å². The Kier molecular flexibility index (Phi) is 1.83. The maximum absolute atomic E-state index is 5.77. The average molecular weight is 176 g/mol. The molecule has 1 aromatic rings. The minimum Gasteiger partial charge on any atom is -0.488 e. The Morgan fingerprint density at radius 2 is 1.77 bits per heavy atom. The largest absolute Gasteiger partial charge is 0.488 e. The Morgan fingerprint density at radius 3 is 2.23 bits per heavy atom. The van der Waals surface area contributed by atoms with Gasteiger partial charge in [0.1, 0.15) is 11.4 Å². The second-order valence-electron chi connectivity index (χ2n) is 4.64. The van der Waals surface area contributed by atoms with Crippen LogP contribution in [0, 0.1) is 0 Å². The number of hydrogen-bond donors (Lipinski definition) is 0. The molecule has 0 amide bonds. The molecule has 0 spiro atoms. The molecule has 0 saturated carbocycles. The molecule has 0 N–H and O–H groups in total. The molecule has 0 saturated heterocycles. The van der Waals surface area contributed by atoms with Crippen LogP contribution in [-0.4, -0.2) is 5.60 Å². The van der Waals surface area contributed by atoms with E-state index in [1.54, 1.807) is 0 Å². The van der Waals surface area contributed by atoms with Gasteiger partial charge in [0.25, 0.3) is 0 Å². The molecule has 1 aliphatic carbocycles. The Hall–Kier alpha value is -0.980. The molecule has 0 bridgehead atoms. The zero-order valence-corrected chi connectivity index (χ0v) is 8.55. The van der Waals surface area contributed by atoms with Crippen molar-refractivity contribution in [1.29, 1.82) is 0 Å². The van der Waals surface area contributed by atoms with E-state index in [1.165, 1.54) is 24.0 Å². The summed E-state index contributed by atoms with van der Waals surface area (Å²) in [7, 11) is 0. The van der Waals surface area contributed by atoms with E-state index < -0.39 is 0 Å². The first-order valence-corrected chi connectivity index (χ1v) is 4.85. The minimum absolute atomic E-state index is 0.0853. The molecule has 70 valence electrons. The van der Waals surface area contributed by atoms with Crippen LogP contribution in [-0.2, 0) is 12.8 Å². The Balaban J connectivity index is 2.18. The molecular formula is C12H16O. The van der Waals surface area contributed by atoms with Crippen molar-refractivity contribution in [1.82, 2.24) is 0 Å². The van der Waals surface area contributed by atoms with Crippen molar-refractivity contribution in [3.05, 3.63) is 29.3 Å². The van der Waals surface area contributed by atoms with E-state index in [9.17, 15) is 0 Å². The zero-order chi connectivity index (χ0) is 9.47. The third-order valence-corrected chi connectivity index (χ3v) is 2.27. The van der Waals surface area contributed by atoms with Crippen LogP contribution in [0.5, 0.6) is 5.75 Å². The lowest BCUT2D eigenvalue weighted by Crippen LogP contribution is -2.23. The first-order valence-electron chi connectivity index (χ1n) is 4.85. The summed E-state index contributed by atoms with van der Waals surface area (Å²) < 4.78 is 5.77. The smallest absolute Gasteiger partial charge is 0.120 e. The van der Waals surface area contributed by atoms with Gasteiger partial charge < -0.3 is 4.74 Å². The molecule has 0 heterocycles. The van der Waals surface area contributed by atoms with Crippen molar-refractivity contribution >= 4 is 0 Å². The molecule has 0 radical (unpaired) electrons. The number of aryl methyl sites for hydroxylation is 2. The molecule has 1 nitrogen and oxygen atoms in total. The summed E-state index contributed by atoms with van der Waals surface area (Å²) in [4.78, 5) is 0. The van der Waals surface area contributed by atoms with Gasteiger partial charge in [-0.15, -0.1) is 0 Å². The summed E-state index contributed by atoms with van der Waals surface area (Å²) >= 11 is 0. The highest BCUT2D eigenvalue weighted by atomic mass is 16.5. The van der Waals surface area contributed by atoms with Crippen LogP contribution in [0.25, 0.3) is 0 Å². The fourth-order valence-electron chi connectivity index (χ4n) is 1.59. The predicted molar refractivity (Wildman–Crippen MR) is 54.2 cm³/mol. The molecule has 13 heavy (non-hydrogen) atoms. The molecule has 0 unspecified atom stereocenters. The number of ether oxygens (including phenoxy) is 1. The second-order valence-corrected chi connectivity index (χ2v) is 4.64. The third kappa shape index (κ3) is 1.85. The van der Waals surface area contributed by atoms with Crippen LogP contribution in [0.15, 0.2) is 18.2 Å². The molecule has 1 heteroatoms. The highest BCUT2D eigenvalue weighted by molar-refractivity contribution is 5.41. The molecule has 0 aromatic heterocycles. The van der Waals surface area contributed by atoms with Gasteiger partial charge in [0, 0.05) is 0 Å². The maximum Gasteiger partial charge on any atom is 0.120 e. The lowest BCUT2D eigenvalue weighted by atomic mass is 9.88. The number of rotatable bonds is 1. The fourth-order valence-corrected chi connectivity index (χ4v) is 1.59. The zero-order valence-electron chi connectivity index (χ0n) is 8.55. The summed E-state index contributed by atoms with van der Waals surface area (Å²) in [6, 6.07) is 6.42. The van der Waals surface area contributed by atoms with E-state index in [1.807, 2.05) is 0 Å². The molecular weight excluding hydrogens is 160 g/mol. The average Bonchev–Trinajstić information content (AvgIpc) is 1.92. The summed E-state index contributed by atoms with van der Waals surface area (Å²) in [5.41, 5.74) is 2.86. The summed E-state index contributed by atoms with van der Waals surface area (Å²) in [6.07, 6.45) is 2.46. The lowest BCUT2D eigenvalue weighted by Gasteiger charge is -2.24. The lowest BCUT2D eigenvalue weighted by molar-refractivity contribution is 0.130. The number of hydrogen-bond acceptors (Lipinski definition) is 1. The van der Waals surface area contributed by atoms with Gasteiger partial charge in [0.2, 0.25) is 0 Å². The van der Waals surface area contributed by atoms with E-state index in [4.69, 9.17) is 4.74 Å². The molecule has 1 aromatic carbocycles. The number of benzene rings is 1. The van der Waals surface area contributed by atoms with Gasteiger partial charge in [-0.3, -0.25) is 0 Å². The van der Waals surface area contributed by atoms with Gasteiger partial charge in [0.05, 0.1) is 0 Å². The van der Waals surface area contributed by atoms with Crippen LogP contribution >= 0.6 is 0 Å². The van der Waals surface area contributed by atoms with Crippen molar-refractivity contribution in [2.45, 2.75) is 39.2 Å². The van der Waals surface area contributed by atoms with Crippen molar-refractivity contribution in [2.75, 3.05) is 0 Å². The molecule has 0 aliphatic heterocycles. The van der Waals surface area contributed by atoms with E-state index in [0.717, 1.165) is 5.75 Å². The molecule has 0 fully saturated rings. The summed E-state index contributed by atoms with van der Waals surface area (Å²) in [6.45, 7) is 6.23. The van der Waals surface area contributed by atoms with Crippen molar-refractivity contribution in [3.8, 4) is 5.75 Å². The van der Waals surface area contributed by atoms with Gasteiger partial charge in [0.15, 0.2) is 0 Å². The number of fused-ring (bicyclic) bond motifs is 1. The summed E-state index contributed by atoms with van der Waals surface area (Å²) in [5.74, 6) is 1.01. The SMILES string of the molecule is CC(C)(C)Oc1ccc2c(c1)CC2.